The lowest BCUT2D eigenvalue weighted by Crippen LogP contribution is -2.55. The van der Waals surface area contributed by atoms with E-state index in [1.54, 1.807) is 50.2 Å². The lowest BCUT2D eigenvalue weighted by Gasteiger charge is -2.41. The Morgan fingerprint density at radius 2 is 1.76 bits per heavy atom. The van der Waals surface area contributed by atoms with Gasteiger partial charge in [-0.2, -0.15) is 0 Å². The maximum atomic E-state index is 13.7. The van der Waals surface area contributed by atoms with E-state index in [2.05, 4.69) is 19.7 Å². The minimum absolute atomic E-state index is 0.0623. The van der Waals surface area contributed by atoms with E-state index in [4.69, 9.17) is 4.52 Å². The van der Waals surface area contributed by atoms with Crippen LogP contribution in [0.25, 0.3) is 0 Å². The van der Waals surface area contributed by atoms with Crippen LogP contribution in [0.15, 0.2) is 51.9 Å². The van der Waals surface area contributed by atoms with Crippen molar-refractivity contribution in [1.29, 1.82) is 0 Å². The van der Waals surface area contributed by atoms with E-state index in [0.29, 0.717) is 37.4 Å². The topological polar surface area (TPSA) is 99.0 Å². The number of amides is 1. The molecule has 1 saturated heterocycles. The summed E-state index contributed by atoms with van der Waals surface area (Å²) in [6, 6.07) is 11.1. The first-order valence-electron chi connectivity index (χ1n) is 12.8. The number of nitrogens with zero attached hydrogens (tertiary/aromatic N) is 4. The maximum absolute atomic E-state index is 13.7. The molecule has 0 unspecified atom stereocenters. The smallest absolute Gasteiger partial charge is 0.264 e. The van der Waals surface area contributed by atoms with E-state index in [-0.39, 0.29) is 28.5 Å². The number of hydrogen-bond acceptors (Lipinski definition) is 7. The monoisotopic (exact) mass is 541 g/mol. The van der Waals surface area contributed by atoms with Crippen molar-refractivity contribution in [2.75, 3.05) is 47.2 Å². The Bertz CT molecular complexity index is 1430. The summed E-state index contributed by atoms with van der Waals surface area (Å²) in [7, 11) is -3.81. The third-order valence-electron chi connectivity index (χ3n) is 7.51. The van der Waals surface area contributed by atoms with E-state index in [0.717, 1.165) is 36.3 Å². The number of aryl methyl sites for hydroxylation is 2. The fourth-order valence-corrected chi connectivity index (χ4v) is 6.15. The molecule has 2 aliphatic rings. The van der Waals surface area contributed by atoms with Crippen molar-refractivity contribution < 1.29 is 22.1 Å². The average Bonchev–Trinajstić information content (AvgIpc) is 3.23. The SMILES string of the molecule is Cc1noc(NS(=O)(=O)c2ccc(N3CCN(C(=O)[C@H](C)N4CCCc5cc(F)ccc54)CC3)cc2)c1C. The molecule has 202 valence electrons. The zero-order chi connectivity index (χ0) is 27.0. The summed E-state index contributed by atoms with van der Waals surface area (Å²) in [4.78, 5) is 19.6. The molecule has 38 heavy (non-hydrogen) atoms. The zero-order valence-electron chi connectivity index (χ0n) is 21.8. The molecular formula is C27H32FN5O4S. The zero-order valence-corrected chi connectivity index (χ0v) is 22.6. The van der Waals surface area contributed by atoms with Gasteiger partial charge in [0.05, 0.1) is 10.6 Å². The van der Waals surface area contributed by atoms with Gasteiger partial charge in [-0.15, -0.1) is 0 Å². The Labute approximate surface area is 222 Å². The van der Waals surface area contributed by atoms with Crippen LogP contribution >= 0.6 is 0 Å². The fourth-order valence-electron chi connectivity index (χ4n) is 5.11. The van der Waals surface area contributed by atoms with E-state index in [9.17, 15) is 17.6 Å². The molecule has 0 aliphatic carbocycles. The first-order valence-corrected chi connectivity index (χ1v) is 14.3. The molecule has 3 heterocycles. The molecule has 0 radical (unpaired) electrons. The quantitative estimate of drug-likeness (QED) is 0.508. The van der Waals surface area contributed by atoms with Crippen molar-refractivity contribution in [2.45, 2.75) is 44.6 Å². The van der Waals surface area contributed by atoms with Gasteiger partial charge in [0.15, 0.2) is 0 Å². The predicted molar refractivity (Wildman–Crippen MR) is 144 cm³/mol. The van der Waals surface area contributed by atoms with Crippen LogP contribution in [0.4, 0.5) is 21.6 Å². The van der Waals surface area contributed by atoms with Crippen molar-refractivity contribution in [1.82, 2.24) is 10.1 Å². The van der Waals surface area contributed by atoms with Crippen LogP contribution in [0, 0.1) is 19.7 Å². The lowest BCUT2D eigenvalue weighted by atomic mass is 9.99. The molecule has 2 aromatic carbocycles. The number of benzene rings is 2. The summed E-state index contributed by atoms with van der Waals surface area (Å²) < 4.78 is 46.8. The molecule has 1 fully saturated rings. The highest BCUT2D eigenvalue weighted by Gasteiger charge is 2.31. The minimum atomic E-state index is -3.81. The lowest BCUT2D eigenvalue weighted by molar-refractivity contribution is -0.132. The van der Waals surface area contributed by atoms with Crippen molar-refractivity contribution >= 4 is 33.2 Å². The fraction of sp³-hybridized carbons (Fsp3) is 0.407. The van der Waals surface area contributed by atoms with Crippen molar-refractivity contribution in [3.8, 4) is 0 Å². The average molecular weight is 542 g/mol. The highest BCUT2D eigenvalue weighted by atomic mass is 32.2. The molecule has 0 spiro atoms. The molecule has 1 atom stereocenters. The number of carbonyl (C=O) groups is 1. The molecule has 11 heteroatoms. The number of sulfonamides is 1. The number of fused-ring (bicyclic) bond motifs is 1. The second-order valence-corrected chi connectivity index (χ2v) is 11.6. The number of rotatable bonds is 6. The highest BCUT2D eigenvalue weighted by molar-refractivity contribution is 7.92. The van der Waals surface area contributed by atoms with E-state index < -0.39 is 10.0 Å². The van der Waals surface area contributed by atoms with Crippen LogP contribution < -0.4 is 14.5 Å². The van der Waals surface area contributed by atoms with Gasteiger partial charge in [-0.1, -0.05) is 5.16 Å². The Hall–Kier alpha value is -3.60. The maximum Gasteiger partial charge on any atom is 0.264 e. The molecule has 5 rings (SSSR count). The van der Waals surface area contributed by atoms with Crippen molar-refractivity contribution in [2.24, 2.45) is 0 Å². The van der Waals surface area contributed by atoms with Crippen LogP contribution in [0.2, 0.25) is 0 Å². The Kier molecular flexibility index (Phi) is 7.04. The molecule has 0 saturated carbocycles. The van der Waals surface area contributed by atoms with E-state index >= 15 is 0 Å². The Morgan fingerprint density at radius 3 is 2.42 bits per heavy atom. The molecule has 2 aliphatic heterocycles. The van der Waals surface area contributed by atoms with Gasteiger partial charge in [-0.25, -0.2) is 17.5 Å². The number of piperazine rings is 1. The number of aromatic nitrogens is 1. The van der Waals surface area contributed by atoms with Crippen LogP contribution in [0.3, 0.4) is 0 Å². The van der Waals surface area contributed by atoms with Crippen LogP contribution in [-0.4, -0.2) is 63.1 Å². The van der Waals surface area contributed by atoms with Crippen LogP contribution in [-0.2, 0) is 21.2 Å². The first kappa shape index (κ1) is 26.0. The van der Waals surface area contributed by atoms with Gasteiger partial charge in [0.1, 0.15) is 11.9 Å². The second kappa shape index (κ2) is 10.3. The van der Waals surface area contributed by atoms with Crippen molar-refractivity contribution in [3.05, 3.63) is 65.1 Å². The molecule has 0 bridgehead atoms. The first-order chi connectivity index (χ1) is 18.1. The summed E-state index contributed by atoms with van der Waals surface area (Å²) in [6.45, 7) is 8.59. The summed E-state index contributed by atoms with van der Waals surface area (Å²) in [5.74, 6) is -0.0725. The largest absolute Gasteiger partial charge is 0.368 e. The van der Waals surface area contributed by atoms with Gasteiger partial charge < -0.3 is 19.2 Å². The van der Waals surface area contributed by atoms with Gasteiger partial charge in [0.25, 0.3) is 10.0 Å². The number of hydrogen-bond donors (Lipinski definition) is 1. The van der Waals surface area contributed by atoms with Gasteiger partial charge in [-0.3, -0.25) is 4.79 Å². The van der Waals surface area contributed by atoms with Crippen LogP contribution in [0.5, 0.6) is 0 Å². The Balaban J connectivity index is 1.20. The third-order valence-corrected chi connectivity index (χ3v) is 8.86. The number of nitrogens with one attached hydrogen (secondary N) is 1. The van der Waals surface area contributed by atoms with Gasteiger partial charge in [0, 0.05) is 49.7 Å². The third kappa shape index (κ3) is 5.07. The molecular weight excluding hydrogens is 509 g/mol. The minimum Gasteiger partial charge on any atom is -0.368 e. The summed E-state index contributed by atoms with van der Waals surface area (Å²) >= 11 is 0. The van der Waals surface area contributed by atoms with Gasteiger partial charge in [0.2, 0.25) is 11.8 Å². The normalized spacial score (nSPS) is 16.8. The predicted octanol–water partition coefficient (Wildman–Crippen LogP) is 3.72. The molecule has 3 aromatic rings. The van der Waals surface area contributed by atoms with Gasteiger partial charge >= 0.3 is 0 Å². The Morgan fingerprint density at radius 1 is 1.05 bits per heavy atom. The molecule has 1 aromatic heterocycles. The summed E-state index contributed by atoms with van der Waals surface area (Å²) in [5.41, 5.74) is 4.05. The van der Waals surface area contributed by atoms with Crippen molar-refractivity contribution in [3.63, 3.8) is 0 Å². The van der Waals surface area contributed by atoms with Gasteiger partial charge in [-0.05, 0) is 81.6 Å². The molecule has 9 nitrogen and oxygen atoms in total. The number of carbonyl (C=O) groups excluding carboxylic acids is 1. The van der Waals surface area contributed by atoms with E-state index in [1.165, 1.54) is 6.07 Å². The molecule has 1 amide bonds. The van der Waals surface area contributed by atoms with E-state index in [1.807, 2.05) is 11.8 Å². The highest BCUT2D eigenvalue weighted by Crippen LogP contribution is 2.30. The summed E-state index contributed by atoms with van der Waals surface area (Å²) in [5, 5.41) is 3.79. The number of halogens is 1. The van der Waals surface area contributed by atoms with Crippen LogP contribution in [0.1, 0.15) is 30.2 Å². The molecule has 1 N–H and O–H groups in total. The second-order valence-electron chi connectivity index (χ2n) is 9.88. The number of anilines is 3. The summed E-state index contributed by atoms with van der Waals surface area (Å²) in [6.07, 6.45) is 1.71. The standard InChI is InChI=1S/C27H32FN5O4S/c1-18-19(2)29-37-26(18)30-38(35,36)24-9-7-23(8-10-24)31-13-15-32(16-14-31)27(34)20(3)33-12-4-5-21-17-22(28)6-11-25(21)33/h6-11,17,20,30H,4-5,12-16H2,1-3H3/t20-/m0/s1.